The Kier molecular flexibility index (Phi) is 26.8. The average molecular weight is 201 g/mol. The van der Waals surface area contributed by atoms with Crippen molar-refractivity contribution >= 4 is 45.9 Å². The summed E-state index contributed by atoms with van der Waals surface area (Å²) in [6, 6.07) is 0. The maximum Gasteiger partial charge on any atom is 2.00 e. The molecule has 0 spiro atoms. The summed E-state index contributed by atoms with van der Waals surface area (Å²) in [7, 11) is -4.67. The van der Waals surface area contributed by atoms with Gasteiger partial charge in [0, 0.05) is 0 Å². The molecule has 0 aliphatic rings. The van der Waals surface area contributed by atoms with Crippen LogP contribution in [0.4, 0.5) is 0 Å². The van der Waals surface area contributed by atoms with E-state index in [0.717, 1.165) is 0 Å². The summed E-state index contributed by atoms with van der Waals surface area (Å²) in [5.74, 6) is 0. The van der Waals surface area contributed by atoms with Crippen molar-refractivity contribution in [1.29, 1.82) is 0 Å². The van der Waals surface area contributed by atoms with Crippen LogP contribution in [-0.4, -0.2) is 40.6 Å². The third-order valence-electron chi connectivity index (χ3n) is 0. The molecule has 0 unspecified atom stereocenters. The van der Waals surface area contributed by atoms with Crippen molar-refractivity contribution in [3.05, 3.63) is 0 Å². The quantitative estimate of drug-likeness (QED) is 0.318. The van der Waals surface area contributed by atoms with Crippen LogP contribution in [0.1, 0.15) is 4.28 Å². The molecule has 8 heteroatoms. The summed E-state index contributed by atoms with van der Waals surface area (Å²) in [5, 5.41) is 0. The molecule has 8 heavy (non-hydrogen) atoms. The first-order valence-corrected chi connectivity index (χ1v) is 2.10. The Morgan fingerprint density at radius 3 is 1.25 bits per heavy atom. The molecule has 0 saturated heterocycles. The van der Waals surface area contributed by atoms with E-state index >= 15 is 0 Å². The summed E-state index contributed by atoms with van der Waals surface area (Å²) in [6.45, 7) is 0. The molecule has 4 nitrogen and oxygen atoms in total. The molecule has 0 aliphatic heterocycles. The Labute approximate surface area is 117 Å². The molecule has 0 amide bonds. The van der Waals surface area contributed by atoms with Gasteiger partial charge in [0.15, 0.2) is 0 Å². The second kappa shape index (κ2) is 9.56. The van der Waals surface area contributed by atoms with Gasteiger partial charge in [-0.2, -0.15) is 8.42 Å². The predicted molar refractivity (Wildman–Crippen MR) is 30.5 cm³/mol. The summed E-state index contributed by atoms with van der Waals surface area (Å²) in [5.41, 5.74) is 0. The van der Waals surface area contributed by atoms with Gasteiger partial charge in [0.2, 0.25) is 0 Å². The zero-order valence-electron chi connectivity index (χ0n) is 7.23. The van der Waals surface area contributed by atoms with Crippen molar-refractivity contribution in [3.8, 4) is 0 Å². The largest absolute Gasteiger partial charge is 2.00 e. The monoisotopic (exact) mass is 200 g/mol. The molecule has 0 aromatic carbocycles. The minimum atomic E-state index is -4.67. The number of hydrogen-bond donors (Lipinski definition) is 2. The molecular formula is H6ClKMgO4S. The van der Waals surface area contributed by atoms with Gasteiger partial charge in [-0.1, -0.05) is 0 Å². The number of hydrogen-bond acceptors (Lipinski definition) is 2. The van der Waals surface area contributed by atoms with Gasteiger partial charge in [-0.3, -0.25) is 9.11 Å². The van der Waals surface area contributed by atoms with Gasteiger partial charge in [-0.25, -0.2) is 0 Å². The SMILES string of the molecule is Cl.O=S(=O)(O)O.[H-].[H-].[H-].[K+].[Mg+2]. The van der Waals surface area contributed by atoms with Gasteiger partial charge in [-0.15, -0.1) is 12.4 Å². The maximum absolute atomic E-state index is 8.74. The first-order valence-electron chi connectivity index (χ1n) is 0.698. The standard InChI is InChI=1S/ClH.K.Mg.H2O4S.3H/c;;;1-5(2,3)4;;;/h1H;;;(H2,1,2,3,4);;;/q;+1;+2;;3*-1. The second-order valence-corrected chi connectivity index (χ2v) is 1.34. The first-order chi connectivity index (χ1) is 2.00. The third-order valence-corrected chi connectivity index (χ3v) is 0. The molecule has 0 fully saturated rings. The van der Waals surface area contributed by atoms with E-state index in [1.165, 1.54) is 0 Å². The van der Waals surface area contributed by atoms with Crippen molar-refractivity contribution in [3.63, 3.8) is 0 Å². The number of halogens is 1. The van der Waals surface area contributed by atoms with Crippen LogP contribution in [0.5, 0.6) is 0 Å². The van der Waals surface area contributed by atoms with E-state index in [4.69, 9.17) is 17.5 Å². The van der Waals surface area contributed by atoms with Crippen molar-refractivity contribution in [2.75, 3.05) is 0 Å². The molecule has 0 aromatic heterocycles. The van der Waals surface area contributed by atoms with E-state index in [1.54, 1.807) is 0 Å². The Bertz CT molecular complexity index is 109. The smallest absolute Gasteiger partial charge is 1.00 e. The van der Waals surface area contributed by atoms with Gasteiger partial charge < -0.3 is 4.28 Å². The zero-order valence-corrected chi connectivity index (χ0v) is 10.4. The summed E-state index contributed by atoms with van der Waals surface area (Å²) in [6.07, 6.45) is 0. The molecule has 0 saturated carbocycles. The summed E-state index contributed by atoms with van der Waals surface area (Å²) < 4.78 is 31.6. The molecule has 0 heterocycles. The van der Waals surface area contributed by atoms with Crippen LogP contribution in [0, 0.1) is 0 Å². The van der Waals surface area contributed by atoms with Crippen molar-refractivity contribution in [1.82, 2.24) is 0 Å². The Morgan fingerprint density at radius 2 is 1.25 bits per heavy atom. The summed E-state index contributed by atoms with van der Waals surface area (Å²) in [4.78, 5) is 0. The molecule has 0 atom stereocenters. The van der Waals surface area contributed by atoms with Gasteiger partial charge in [-0.05, 0) is 0 Å². The minimum Gasteiger partial charge on any atom is -1.00 e. The average Bonchev–Trinajstić information content (AvgIpc) is 0.722. The van der Waals surface area contributed by atoms with Crippen LogP contribution in [0.15, 0.2) is 0 Å². The van der Waals surface area contributed by atoms with Crippen molar-refractivity contribution in [2.24, 2.45) is 0 Å². The maximum atomic E-state index is 8.74. The molecule has 0 aromatic rings. The van der Waals surface area contributed by atoms with Gasteiger partial charge in [0.05, 0.1) is 0 Å². The van der Waals surface area contributed by atoms with E-state index in [2.05, 4.69) is 0 Å². The van der Waals surface area contributed by atoms with E-state index < -0.39 is 10.4 Å². The molecule has 0 radical (unpaired) electrons. The zero-order chi connectivity index (χ0) is 4.50. The van der Waals surface area contributed by atoms with Gasteiger partial charge in [0.1, 0.15) is 0 Å². The fourth-order valence-corrected chi connectivity index (χ4v) is 0. The fourth-order valence-electron chi connectivity index (χ4n) is 0. The van der Waals surface area contributed by atoms with E-state index in [1.807, 2.05) is 0 Å². The molecule has 0 rings (SSSR count). The van der Waals surface area contributed by atoms with E-state index in [9.17, 15) is 0 Å². The fraction of sp³-hybridized carbons (Fsp3) is 0. The Hall–Kier alpha value is 2.56. The number of rotatable bonds is 0. The van der Waals surface area contributed by atoms with Crippen LogP contribution in [0.2, 0.25) is 0 Å². The van der Waals surface area contributed by atoms with E-state index in [-0.39, 0.29) is 91.1 Å². The van der Waals surface area contributed by atoms with Crippen LogP contribution in [0.3, 0.4) is 0 Å². The van der Waals surface area contributed by atoms with Crippen LogP contribution < -0.4 is 51.4 Å². The minimum absolute atomic E-state index is 0. The molecule has 2 N–H and O–H groups in total. The Balaban J connectivity index is -0.00000000533. The topological polar surface area (TPSA) is 74.6 Å². The van der Waals surface area contributed by atoms with Crippen LogP contribution in [0.25, 0.3) is 0 Å². The molecular weight excluding hydrogens is 195 g/mol. The van der Waals surface area contributed by atoms with Crippen LogP contribution >= 0.6 is 12.4 Å². The Morgan fingerprint density at radius 1 is 1.25 bits per heavy atom. The van der Waals surface area contributed by atoms with Gasteiger partial charge >= 0.3 is 84.8 Å². The molecule has 0 bridgehead atoms. The molecule has 46 valence electrons. The second-order valence-electron chi connectivity index (χ2n) is 0.448. The predicted octanol–water partition coefficient (Wildman–Crippen LogP) is -3.27. The van der Waals surface area contributed by atoms with Gasteiger partial charge in [0.25, 0.3) is 0 Å². The summed E-state index contributed by atoms with van der Waals surface area (Å²) >= 11 is 0. The normalized spacial score (nSPS) is 7.25. The molecule has 0 aliphatic carbocycles. The van der Waals surface area contributed by atoms with Crippen LogP contribution in [-0.2, 0) is 10.4 Å². The first kappa shape index (κ1) is 22.4. The van der Waals surface area contributed by atoms with E-state index in [0.29, 0.717) is 0 Å². The van der Waals surface area contributed by atoms with Crippen molar-refractivity contribution < 1.29 is 73.2 Å². The third kappa shape index (κ3) is 74.6. The van der Waals surface area contributed by atoms with Crippen molar-refractivity contribution in [2.45, 2.75) is 0 Å².